The second kappa shape index (κ2) is 5.89. The first-order chi connectivity index (χ1) is 12.4. The maximum absolute atomic E-state index is 12.9. The Balaban J connectivity index is 1.50. The second-order valence-electron chi connectivity index (χ2n) is 7.26. The number of hydrogen-bond donors (Lipinski definition) is 2. The van der Waals surface area contributed by atoms with Crippen molar-refractivity contribution < 1.29 is 23.9 Å². The van der Waals surface area contributed by atoms with E-state index in [2.05, 4.69) is 10.6 Å². The third kappa shape index (κ3) is 2.85. The Hall–Kier alpha value is -2.77. The van der Waals surface area contributed by atoms with Crippen LogP contribution in [0, 0.1) is 0 Å². The highest BCUT2D eigenvalue weighted by atomic mass is 16.7. The smallest absolute Gasteiger partial charge is 0.325 e. The molecule has 8 nitrogen and oxygen atoms in total. The van der Waals surface area contributed by atoms with Crippen LogP contribution in [0.3, 0.4) is 0 Å². The van der Waals surface area contributed by atoms with Crippen molar-refractivity contribution in [3.63, 3.8) is 0 Å². The largest absolute Gasteiger partial charge is 0.454 e. The molecule has 2 aliphatic heterocycles. The molecule has 0 unspecified atom stereocenters. The number of imide groups is 1. The lowest BCUT2D eigenvalue weighted by molar-refractivity contribution is -0.137. The molecule has 138 valence electrons. The summed E-state index contributed by atoms with van der Waals surface area (Å²) in [7, 11) is 0. The minimum Gasteiger partial charge on any atom is -0.454 e. The van der Waals surface area contributed by atoms with Gasteiger partial charge < -0.3 is 20.1 Å². The molecule has 1 saturated heterocycles. The molecule has 2 N–H and O–H groups in total. The summed E-state index contributed by atoms with van der Waals surface area (Å²) >= 11 is 0. The summed E-state index contributed by atoms with van der Waals surface area (Å²) < 4.78 is 10.6. The van der Waals surface area contributed by atoms with Crippen LogP contribution in [0.4, 0.5) is 4.79 Å². The Morgan fingerprint density at radius 3 is 2.81 bits per heavy atom. The van der Waals surface area contributed by atoms with Gasteiger partial charge in [0, 0.05) is 12.5 Å². The summed E-state index contributed by atoms with van der Waals surface area (Å²) in [4.78, 5) is 38.6. The van der Waals surface area contributed by atoms with Crippen molar-refractivity contribution in [2.75, 3.05) is 6.79 Å². The zero-order chi connectivity index (χ0) is 18.5. The van der Waals surface area contributed by atoms with E-state index in [1.807, 2.05) is 6.07 Å². The van der Waals surface area contributed by atoms with Crippen LogP contribution in [0.25, 0.3) is 0 Å². The molecular weight excluding hydrogens is 338 g/mol. The van der Waals surface area contributed by atoms with Crippen LogP contribution in [0.1, 0.15) is 32.3 Å². The molecule has 0 bridgehead atoms. The van der Waals surface area contributed by atoms with Gasteiger partial charge in [-0.15, -0.1) is 0 Å². The van der Waals surface area contributed by atoms with E-state index in [9.17, 15) is 14.4 Å². The van der Waals surface area contributed by atoms with Crippen LogP contribution in [-0.2, 0) is 16.0 Å². The van der Waals surface area contributed by atoms with Crippen molar-refractivity contribution in [2.45, 2.75) is 50.7 Å². The normalized spacial score (nSPS) is 25.2. The number of benzene rings is 1. The van der Waals surface area contributed by atoms with Crippen LogP contribution in [0.15, 0.2) is 18.2 Å². The molecule has 0 aromatic heterocycles. The van der Waals surface area contributed by atoms with Crippen LogP contribution >= 0.6 is 0 Å². The predicted molar refractivity (Wildman–Crippen MR) is 90.7 cm³/mol. The zero-order valence-electron chi connectivity index (χ0n) is 14.7. The lowest BCUT2D eigenvalue weighted by Gasteiger charge is -2.24. The molecule has 0 radical (unpaired) electrons. The van der Waals surface area contributed by atoms with Crippen molar-refractivity contribution in [1.82, 2.24) is 15.5 Å². The van der Waals surface area contributed by atoms with Crippen LogP contribution < -0.4 is 20.1 Å². The van der Waals surface area contributed by atoms with Crippen molar-refractivity contribution >= 4 is 17.8 Å². The van der Waals surface area contributed by atoms with Crippen molar-refractivity contribution in [2.24, 2.45) is 0 Å². The van der Waals surface area contributed by atoms with Crippen molar-refractivity contribution in [3.05, 3.63) is 23.8 Å². The Morgan fingerprint density at radius 1 is 1.35 bits per heavy atom. The minimum absolute atomic E-state index is 0.172. The molecule has 3 aliphatic rings. The van der Waals surface area contributed by atoms with Gasteiger partial charge in [0.2, 0.25) is 12.7 Å². The highest BCUT2D eigenvalue weighted by Crippen LogP contribution is 2.34. The number of ether oxygens (including phenoxy) is 2. The number of fused-ring (bicyclic) bond motifs is 1. The first-order valence-corrected chi connectivity index (χ1v) is 8.72. The first kappa shape index (κ1) is 16.7. The van der Waals surface area contributed by atoms with Gasteiger partial charge in [-0.3, -0.25) is 9.59 Å². The molecule has 2 heterocycles. The summed E-state index contributed by atoms with van der Waals surface area (Å²) in [5.41, 5.74) is -0.277. The standard InChI is InChI=1S/C18H21N3O5/c1-10(15(22)19-12-4-5-12)21-16(23)18(2,20-17(21)24)8-11-3-6-13-14(7-11)26-9-25-13/h3,6-7,10,12H,4-5,8-9H2,1-2H3,(H,19,22)(H,20,24)/t10-,18-/m1/s1. The van der Waals surface area contributed by atoms with Crippen LogP contribution in [0.5, 0.6) is 11.5 Å². The summed E-state index contributed by atoms with van der Waals surface area (Å²) in [5.74, 6) is 0.575. The second-order valence-corrected chi connectivity index (χ2v) is 7.26. The number of nitrogens with one attached hydrogen (secondary N) is 2. The average molecular weight is 359 g/mol. The van der Waals surface area contributed by atoms with E-state index in [1.54, 1.807) is 26.0 Å². The number of rotatable bonds is 5. The van der Waals surface area contributed by atoms with Gasteiger partial charge in [-0.05, 0) is 44.4 Å². The van der Waals surface area contributed by atoms with Gasteiger partial charge in [-0.25, -0.2) is 9.69 Å². The summed E-state index contributed by atoms with van der Waals surface area (Å²) in [6, 6.07) is 4.21. The highest BCUT2D eigenvalue weighted by Gasteiger charge is 2.51. The summed E-state index contributed by atoms with van der Waals surface area (Å²) in [6.07, 6.45) is 2.18. The van der Waals surface area contributed by atoms with Crippen LogP contribution in [-0.4, -0.2) is 47.2 Å². The topological polar surface area (TPSA) is 97.0 Å². The molecular formula is C18H21N3O5. The van der Waals surface area contributed by atoms with Gasteiger partial charge in [0.15, 0.2) is 11.5 Å². The molecule has 4 amide bonds. The Kier molecular flexibility index (Phi) is 3.78. The Labute approximate surface area is 150 Å². The molecule has 0 spiro atoms. The van der Waals surface area contributed by atoms with E-state index < -0.39 is 23.5 Å². The third-order valence-corrected chi connectivity index (χ3v) is 4.98. The van der Waals surface area contributed by atoms with Crippen LogP contribution in [0.2, 0.25) is 0 Å². The van der Waals surface area contributed by atoms with E-state index in [1.165, 1.54) is 0 Å². The molecule has 1 aliphatic carbocycles. The Morgan fingerprint density at radius 2 is 2.08 bits per heavy atom. The molecule has 1 aromatic carbocycles. The first-order valence-electron chi connectivity index (χ1n) is 8.72. The molecule has 4 rings (SSSR count). The fourth-order valence-corrected chi connectivity index (χ4v) is 3.31. The van der Waals surface area contributed by atoms with Gasteiger partial charge in [0.05, 0.1) is 0 Å². The summed E-state index contributed by atoms with van der Waals surface area (Å²) in [5, 5.41) is 5.57. The fourth-order valence-electron chi connectivity index (χ4n) is 3.31. The zero-order valence-corrected chi connectivity index (χ0v) is 14.7. The monoisotopic (exact) mass is 359 g/mol. The number of nitrogens with zero attached hydrogens (tertiary/aromatic N) is 1. The van der Waals surface area contributed by atoms with E-state index in [0.29, 0.717) is 17.9 Å². The number of urea groups is 1. The molecule has 2 atom stereocenters. The van der Waals surface area contributed by atoms with Gasteiger partial charge in [-0.1, -0.05) is 6.07 Å². The molecule has 26 heavy (non-hydrogen) atoms. The maximum Gasteiger partial charge on any atom is 0.325 e. The molecule has 8 heteroatoms. The number of hydrogen-bond acceptors (Lipinski definition) is 5. The number of carbonyl (C=O) groups is 3. The minimum atomic E-state index is -1.11. The van der Waals surface area contributed by atoms with Crippen molar-refractivity contribution in [3.8, 4) is 11.5 Å². The lowest BCUT2D eigenvalue weighted by atomic mass is 9.92. The summed E-state index contributed by atoms with van der Waals surface area (Å²) in [6.45, 7) is 3.41. The SMILES string of the molecule is C[C@H](C(=O)NC1CC1)N1C(=O)N[C@](C)(Cc2ccc3c(c2)OCO3)C1=O. The number of amides is 4. The highest BCUT2D eigenvalue weighted by molar-refractivity contribution is 6.09. The van der Waals surface area contributed by atoms with Gasteiger partial charge in [0.1, 0.15) is 11.6 Å². The van der Waals surface area contributed by atoms with Gasteiger partial charge in [0.25, 0.3) is 5.91 Å². The average Bonchev–Trinajstić information content (AvgIpc) is 3.22. The molecule has 1 aromatic rings. The van der Waals surface area contributed by atoms with Gasteiger partial charge in [-0.2, -0.15) is 0 Å². The molecule has 2 fully saturated rings. The van der Waals surface area contributed by atoms with E-state index >= 15 is 0 Å². The van der Waals surface area contributed by atoms with E-state index in [-0.39, 0.29) is 18.7 Å². The maximum atomic E-state index is 12.9. The van der Waals surface area contributed by atoms with E-state index in [0.717, 1.165) is 23.3 Å². The quantitative estimate of drug-likeness (QED) is 0.763. The predicted octanol–water partition coefficient (Wildman–Crippen LogP) is 0.935. The molecule has 1 saturated carbocycles. The van der Waals surface area contributed by atoms with Crippen molar-refractivity contribution in [1.29, 1.82) is 0 Å². The third-order valence-electron chi connectivity index (χ3n) is 4.98. The fraction of sp³-hybridized carbons (Fsp3) is 0.500. The lowest BCUT2D eigenvalue weighted by Crippen LogP contribution is -2.50. The van der Waals surface area contributed by atoms with Gasteiger partial charge >= 0.3 is 6.03 Å². The van der Waals surface area contributed by atoms with E-state index in [4.69, 9.17) is 9.47 Å². The number of carbonyl (C=O) groups excluding carboxylic acids is 3. The Bertz CT molecular complexity index is 791.